The Morgan fingerprint density at radius 3 is 2.63 bits per heavy atom. The SMILES string of the molecule is C#CCOc1c(Br)cc(/C=C2\C(=O)N(c3ccc(C(=O)O)cc3)N=C2C)cc1OC. The van der Waals surface area contributed by atoms with Crippen LogP contribution in [0.4, 0.5) is 5.69 Å². The standard InChI is InChI=1S/C22H17BrN2O5/c1-4-9-30-20-18(23)11-14(12-19(20)29-3)10-17-13(2)24-25(21(17)26)16-7-5-15(6-8-16)22(27)28/h1,5-8,10-12H,9H2,2-3H3,(H,27,28)/b17-10-. The van der Waals surface area contributed by atoms with E-state index in [1.54, 1.807) is 25.1 Å². The van der Waals surface area contributed by atoms with Crippen molar-refractivity contribution in [3.8, 4) is 23.8 Å². The number of carbonyl (C=O) groups excluding carboxylic acids is 1. The van der Waals surface area contributed by atoms with Crippen LogP contribution >= 0.6 is 15.9 Å². The molecule has 0 saturated heterocycles. The van der Waals surface area contributed by atoms with E-state index in [0.29, 0.717) is 38.5 Å². The minimum absolute atomic E-state index is 0.0925. The Balaban J connectivity index is 1.92. The van der Waals surface area contributed by atoms with Crippen molar-refractivity contribution < 1.29 is 24.2 Å². The topological polar surface area (TPSA) is 88.4 Å². The van der Waals surface area contributed by atoms with Gasteiger partial charge in [-0.1, -0.05) is 5.92 Å². The molecule has 0 radical (unpaired) electrons. The minimum atomic E-state index is -1.04. The number of anilines is 1. The number of hydrogen-bond acceptors (Lipinski definition) is 5. The summed E-state index contributed by atoms with van der Waals surface area (Å²) in [7, 11) is 1.51. The number of carboxylic acids is 1. The van der Waals surface area contributed by atoms with E-state index < -0.39 is 5.97 Å². The van der Waals surface area contributed by atoms with Crippen LogP contribution in [0.15, 0.2) is 51.5 Å². The smallest absolute Gasteiger partial charge is 0.335 e. The number of terminal acetylenes is 1. The predicted octanol–water partition coefficient (Wildman–Crippen LogP) is 3.97. The quantitative estimate of drug-likeness (QED) is 0.511. The van der Waals surface area contributed by atoms with Gasteiger partial charge in [0.1, 0.15) is 6.61 Å². The van der Waals surface area contributed by atoms with Crippen molar-refractivity contribution in [1.82, 2.24) is 0 Å². The average molecular weight is 469 g/mol. The number of methoxy groups -OCH3 is 1. The Labute approximate surface area is 181 Å². The average Bonchev–Trinajstić information content (AvgIpc) is 3.01. The van der Waals surface area contributed by atoms with Crippen molar-refractivity contribution >= 4 is 45.3 Å². The van der Waals surface area contributed by atoms with Gasteiger partial charge < -0.3 is 14.6 Å². The Hall–Kier alpha value is -3.57. The van der Waals surface area contributed by atoms with Crippen molar-refractivity contribution in [2.24, 2.45) is 5.10 Å². The number of hydrazone groups is 1. The van der Waals surface area contributed by atoms with Gasteiger partial charge in [0, 0.05) is 0 Å². The normalized spacial score (nSPS) is 14.5. The summed E-state index contributed by atoms with van der Waals surface area (Å²) in [5, 5.41) is 14.6. The van der Waals surface area contributed by atoms with Crippen LogP contribution in [0.25, 0.3) is 6.08 Å². The fourth-order valence-corrected chi connectivity index (χ4v) is 3.42. The van der Waals surface area contributed by atoms with Gasteiger partial charge >= 0.3 is 5.97 Å². The fourth-order valence-electron chi connectivity index (χ4n) is 2.85. The minimum Gasteiger partial charge on any atom is -0.493 e. The molecule has 0 unspecified atom stereocenters. The van der Waals surface area contributed by atoms with Crippen LogP contribution in [-0.2, 0) is 4.79 Å². The molecule has 152 valence electrons. The van der Waals surface area contributed by atoms with E-state index in [0.717, 1.165) is 0 Å². The second kappa shape index (κ2) is 8.84. The molecule has 1 N–H and O–H groups in total. The lowest BCUT2D eigenvalue weighted by molar-refractivity contribution is -0.114. The summed E-state index contributed by atoms with van der Waals surface area (Å²) in [6.45, 7) is 1.82. The van der Waals surface area contributed by atoms with Crippen LogP contribution in [0, 0.1) is 12.3 Å². The van der Waals surface area contributed by atoms with Crippen LogP contribution in [-0.4, -0.2) is 36.4 Å². The summed E-state index contributed by atoms with van der Waals surface area (Å²) in [4.78, 5) is 23.9. The molecule has 8 heteroatoms. The van der Waals surface area contributed by atoms with Gasteiger partial charge in [-0.05, 0) is 70.9 Å². The first-order chi connectivity index (χ1) is 14.3. The Bertz CT molecular complexity index is 1110. The number of hydrogen-bond donors (Lipinski definition) is 1. The summed E-state index contributed by atoms with van der Waals surface area (Å²) in [6.07, 6.45) is 6.95. The van der Waals surface area contributed by atoms with E-state index in [2.05, 4.69) is 27.0 Å². The third kappa shape index (κ3) is 4.21. The second-order valence-electron chi connectivity index (χ2n) is 6.24. The van der Waals surface area contributed by atoms with Gasteiger partial charge in [-0.2, -0.15) is 10.1 Å². The summed E-state index contributed by atoms with van der Waals surface area (Å²) < 4.78 is 11.5. The van der Waals surface area contributed by atoms with E-state index in [1.807, 2.05) is 0 Å². The number of ether oxygens (including phenoxy) is 2. The molecule has 2 aromatic carbocycles. The molecule has 2 aromatic rings. The first-order valence-corrected chi connectivity index (χ1v) is 9.54. The maximum absolute atomic E-state index is 12.9. The summed E-state index contributed by atoms with van der Waals surface area (Å²) in [5.74, 6) is 1.98. The molecule has 30 heavy (non-hydrogen) atoms. The predicted molar refractivity (Wildman–Crippen MR) is 117 cm³/mol. The van der Waals surface area contributed by atoms with Gasteiger partial charge in [0.15, 0.2) is 11.5 Å². The number of aromatic carboxylic acids is 1. The zero-order chi connectivity index (χ0) is 21.8. The van der Waals surface area contributed by atoms with Crippen LogP contribution in [0.2, 0.25) is 0 Å². The first kappa shape index (κ1) is 21.1. The maximum atomic E-state index is 12.9. The van der Waals surface area contributed by atoms with Crippen LogP contribution in [0.5, 0.6) is 11.5 Å². The maximum Gasteiger partial charge on any atom is 0.335 e. The molecule has 7 nitrogen and oxygen atoms in total. The molecule has 0 spiro atoms. The van der Waals surface area contributed by atoms with Gasteiger partial charge in [-0.15, -0.1) is 6.42 Å². The van der Waals surface area contributed by atoms with Gasteiger partial charge in [-0.25, -0.2) is 4.79 Å². The van der Waals surface area contributed by atoms with Gasteiger partial charge in [-0.3, -0.25) is 4.79 Å². The third-order valence-corrected chi connectivity index (χ3v) is 4.87. The van der Waals surface area contributed by atoms with Gasteiger partial charge in [0.25, 0.3) is 5.91 Å². The van der Waals surface area contributed by atoms with Gasteiger partial charge in [0.05, 0.1) is 34.1 Å². The van der Waals surface area contributed by atoms with E-state index in [1.165, 1.54) is 36.4 Å². The molecule has 1 aliphatic heterocycles. The van der Waals surface area contributed by atoms with Gasteiger partial charge in [0.2, 0.25) is 0 Å². The number of carbonyl (C=O) groups is 2. The third-order valence-electron chi connectivity index (χ3n) is 4.28. The molecule has 1 amide bonds. The summed E-state index contributed by atoms with van der Waals surface area (Å²) in [6, 6.07) is 9.44. The largest absolute Gasteiger partial charge is 0.493 e. The highest BCUT2D eigenvalue weighted by Crippen LogP contribution is 2.37. The lowest BCUT2D eigenvalue weighted by Gasteiger charge is -2.13. The van der Waals surface area contributed by atoms with Crippen molar-refractivity contribution in [1.29, 1.82) is 0 Å². The highest BCUT2D eigenvalue weighted by molar-refractivity contribution is 9.10. The highest BCUT2D eigenvalue weighted by atomic mass is 79.9. The Morgan fingerprint density at radius 1 is 1.33 bits per heavy atom. The van der Waals surface area contributed by atoms with Crippen LogP contribution in [0.3, 0.4) is 0 Å². The number of amides is 1. The van der Waals surface area contributed by atoms with Crippen molar-refractivity contribution in [2.45, 2.75) is 6.92 Å². The number of carboxylic acid groups (broad SMARTS) is 1. The fraction of sp³-hybridized carbons (Fsp3) is 0.136. The molecule has 0 aliphatic carbocycles. The molecule has 0 fully saturated rings. The van der Waals surface area contributed by atoms with Crippen molar-refractivity contribution in [3.05, 3.63) is 57.6 Å². The number of nitrogens with zero attached hydrogens (tertiary/aromatic N) is 2. The Kier molecular flexibility index (Phi) is 6.23. The molecule has 3 rings (SSSR count). The molecule has 0 saturated carbocycles. The second-order valence-corrected chi connectivity index (χ2v) is 7.09. The molecular formula is C22H17BrN2O5. The summed E-state index contributed by atoms with van der Waals surface area (Å²) >= 11 is 3.44. The molecule has 1 heterocycles. The van der Waals surface area contributed by atoms with Crippen molar-refractivity contribution in [2.75, 3.05) is 18.7 Å². The molecule has 1 aliphatic rings. The lowest BCUT2D eigenvalue weighted by atomic mass is 10.1. The number of halogens is 1. The lowest BCUT2D eigenvalue weighted by Crippen LogP contribution is -2.21. The number of benzene rings is 2. The molecule has 0 atom stereocenters. The summed E-state index contributed by atoms with van der Waals surface area (Å²) in [5.41, 5.74) is 2.25. The molecule has 0 bridgehead atoms. The van der Waals surface area contributed by atoms with Crippen LogP contribution < -0.4 is 14.5 Å². The van der Waals surface area contributed by atoms with E-state index >= 15 is 0 Å². The number of rotatable bonds is 6. The van der Waals surface area contributed by atoms with E-state index in [9.17, 15) is 9.59 Å². The van der Waals surface area contributed by atoms with Crippen molar-refractivity contribution in [3.63, 3.8) is 0 Å². The zero-order valence-corrected chi connectivity index (χ0v) is 17.8. The van der Waals surface area contributed by atoms with E-state index in [4.69, 9.17) is 21.0 Å². The highest BCUT2D eigenvalue weighted by Gasteiger charge is 2.29. The monoisotopic (exact) mass is 468 g/mol. The Morgan fingerprint density at radius 2 is 2.03 bits per heavy atom. The first-order valence-electron chi connectivity index (χ1n) is 8.74. The van der Waals surface area contributed by atoms with Crippen LogP contribution in [0.1, 0.15) is 22.8 Å². The zero-order valence-electron chi connectivity index (χ0n) is 16.2. The molecular weight excluding hydrogens is 452 g/mol. The molecule has 0 aromatic heterocycles. The van der Waals surface area contributed by atoms with E-state index in [-0.39, 0.29) is 18.1 Å².